The Morgan fingerprint density at radius 1 is 1.22 bits per heavy atom. The second-order valence-electron chi connectivity index (χ2n) is 5.38. The predicted octanol–water partition coefficient (Wildman–Crippen LogP) is 3.04. The molecule has 1 N–H and O–H groups in total. The van der Waals surface area contributed by atoms with Crippen molar-refractivity contribution in [3.05, 3.63) is 0 Å². The minimum atomic E-state index is -4.03. The number of halogens is 3. The van der Waals surface area contributed by atoms with Crippen LogP contribution in [0.5, 0.6) is 0 Å². The number of rotatable bonds is 7. The van der Waals surface area contributed by atoms with E-state index in [4.69, 9.17) is 0 Å². The quantitative estimate of drug-likeness (QED) is 0.713. The predicted molar refractivity (Wildman–Crippen MR) is 67.6 cm³/mol. The molecule has 0 radical (unpaired) electrons. The SMILES string of the molecule is CCCCCN(C)CCC1CC(C(F)(F)F)CN1. The smallest absolute Gasteiger partial charge is 0.313 e. The van der Waals surface area contributed by atoms with Crippen molar-refractivity contribution >= 4 is 0 Å². The summed E-state index contributed by atoms with van der Waals surface area (Å²) in [7, 11) is 2.05. The zero-order chi connectivity index (χ0) is 13.6. The van der Waals surface area contributed by atoms with Gasteiger partial charge < -0.3 is 10.2 Å². The largest absolute Gasteiger partial charge is 0.393 e. The second-order valence-corrected chi connectivity index (χ2v) is 5.38. The fourth-order valence-electron chi connectivity index (χ4n) is 2.41. The first-order valence-corrected chi connectivity index (χ1v) is 6.92. The summed E-state index contributed by atoms with van der Waals surface area (Å²) >= 11 is 0. The van der Waals surface area contributed by atoms with Crippen molar-refractivity contribution in [2.75, 3.05) is 26.7 Å². The third kappa shape index (κ3) is 5.57. The molecule has 18 heavy (non-hydrogen) atoms. The molecule has 0 spiro atoms. The van der Waals surface area contributed by atoms with Crippen molar-refractivity contribution in [1.82, 2.24) is 10.2 Å². The molecule has 0 saturated carbocycles. The van der Waals surface area contributed by atoms with Gasteiger partial charge in [0, 0.05) is 12.6 Å². The fraction of sp³-hybridized carbons (Fsp3) is 1.00. The highest BCUT2D eigenvalue weighted by atomic mass is 19.4. The Labute approximate surface area is 108 Å². The van der Waals surface area contributed by atoms with Crippen molar-refractivity contribution in [3.63, 3.8) is 0 Å². The van der Waals surface area contributed by atoms with Crippen LogP contribution in [0.1, 0.15) is 39.0 Å². The average molecular weight is 266 g/mol. The Hall–Kier alpha value is -0.290. The monoisotopic (exact) mass is 266 g/mol. The van der Waals surface area contributed by atoms with Crippen molar-refractivity contribution in [2.45, 2.75) is 51.2 Å². The van der Waals surface area contributed by atoms with E-state index < -0.39 is 12.1 Å². The standard InChI is InChI=1S/C13H25F3N2/c1-3-4-5-7-18(2)8-6-12-9-11(10-17-12)13(14,15)16/h11-12,17H,3-10H2,1-2H3. The van der Waals surface area contributed by atoms with E-state index in [1.54, 1.807) is 0 Å². The van der Waals surface area contributed by atoms with E-state index in [1.165, 1.54) is 19.3 Å². The molecule has 2 unspecified atom stereocenters. The summed E-state index contributed by atoms with van der Waals surface area (Å²) in [5.41, 5.74) is 0. The maximum Gasteiger partial charge on any atom is 0.393 e. The number of hydrogen-bond acceptors (Lipinski definition) is 2. The van der Waals surface area contributed by atoms with E-state index in [0.29, 0.717) is 0 Å². The molecule has 1 aliphatic heterocycles. The molecule has 0 amide bonds. The molecule has 5 heteroatoms. The summed E-state index contributed by atoms with van der Waals surface area (Å²) in [4.78, 5) is 2.22. The van der Waals surface area contributed by atoms with Gasteiger partial charge in [0.2, 0.25) is 0 Å². The van der Waals surface area contributed by atoms with Crippen LogP contribution in [0.4, 0.5) is 13.2 Å². The lowest BCUT2D eigenvalue weighted by molar-refractivity contribution is -0.169. The van der Waals surface area contributed by atoms with E-state index in [0.717, 1.165) is 19.5 Å². The molecule has 0 bridgehead atoms. The molecule has 2 atom stereocenters. The van der Waals surface area contributed by atoms with Crippen LogP contribution in [-0.4, -0.2) is 43.8 Å². The van der Waals surface area contributed by atoms with Crippen LogP contribution in [0.3, 0.4) is 0 Å². The van der Waals surface area contributed by atoms with Crippen molar-refractivity contribution in [1.29, 1.82) is 0 Å². The number of nitrogens with one attached hydrogen (secondary N) is 1. The number of unbranched alkanes of at least 4 members (excludes halogenated alkanes) is 2. The molecule has 1 heterocycles. The van der Waals surface area contributed by atoms with Crippen LogP contribution >= 0.6 is 0 Å². The summed E-state index contributed by atoms with van der Waals surface area (Å²) in [5, 5.41) is 2.99. The van der Waals surface area contributed by atoms with E-state index >= 15 is 0 Å². The first-order valence-electron chi connectivity index (χ1n) is 6.92. The number of hydrogen-bond donors (Lipinski definition) is 1. The van der Waals surface area contributed by atoms with Crippen LogP contribution in [0, 0.1) is 5.92 Å². The maximum atomic E-state index is 12.5. The Bertz CT molecular complexity index is 231. The van der Waals surface area contributed by atoms with Gasteiger partial charge in [-0.1, -0.05) is 19.8 Å². The van der Waals surface area contributed by atoms with Crippen LogP contribution in [-0.2, 0) is 0 Å². The molecular weight excluding hydrogens is 241 g/mol. The molecule has 0 aromatic carbocycles. The highest BCUT2D eigenvalue weighted by Gasteiger charge is 2.43. The highest BCUT2D eigenvalue weighted by Crippen LogP contribution is 2.33. The van der Waals surface area contributed by atoms with Gasteiger partial charge in [-0.25, -0.2) is 0 Å². The summed E-state index contributed by atoms with van der Waals surface area (Å²) in [5.74, 6) is -1.15. The fourth-order valence-corrected chi connectivity index (χ4v) is 2.41. The lowest BCUT2D eigenvalue weighted by atomic mass is 10.0. The first-order chi connectivity index (χ1) is 8.43. The second kappa shape index (κ2) is 7.34. The topological polar surface area (TPSA) is 15.3 Å². The van der Waals surface area contributed by atoms with E-state index in [1.807, 2.05) is 7.05 Å². The van der Waals surface area contributed by atoms with Crippen molar-refractivity contribution in [2.24, 2.45) is 5.92 Å². The molecule has 1 rings (SSSR count). The van der Waals surface area contributed by atoms with Gasteiger partial charge in [0.1, 0.15) is 0 Å². The molecular formula is C13H25F3N2. The molecule has 108 valence electrons. The maximum absolute atomic E-state index is 12.5. The molecule has 2 nitrogen and oxygen atoms in total. The summed E-state index contributed by atoms with van der Waals surface area (Å²) in [6, 6.07) is 0.0326. The Morgan fingerprint density at radius 2 is 1.94 bits per heavy atom. The lowest BCUT2D eigenvalue weighted by Gasteiger charge is -2.19. The zero-order valence-corrected chi connectivity index (χ0v) is 11.4. The minimum absolute atomic E-state index is 0.0326. The summed E-state index contributed by atoms with van der Waals surface area (Å²) in [6.07, 6.45) is 0.625. The van der Waals surface area contributed by atoms with Crippen LogP contribution in [0.25, 0.3) is 0 Å². The summed E-state index contributed by atoms with van der Waals surface area (Å²) in [6.45, 7) is 4.18. The van der Waals surface area contributed by atoms with E-state index in [-0.39, 0.29) is 19.0 Å². The molecule has 1 aliphatic rings. The first kappa shape index (κ1) is 15.8. The van der Waals surface area contributed by atoms with E-state index in [2.05, 4.69) is 17.1 Å². The van der Waals surface area contributed by atoms with Crippen LogP contribution in [0.15, 0.2) is 0 Å². The number of nitrogens with zero attached hydrogens (tertiary/aromatic N) is 1. The molecule has 0 aromatic heterocycles. The van der Waals surface area contributed by atoms with Gasteiger partial charge in [0.15, 0.2) is 0 Å². The highest BCUT2D eigenvalue weighted by molar-refractivity contribution is 4.85. The molecule has 0 aliphatic carbocycles. The van der Waals surface area contributed by atoms with Gasteiger partial charge in [-0.15, -0.1) is 0 Å². The average Bonchev–Trinajstić information content (AvgIpc) is 2.75. The zero-order valence-electron chi connectivity index (χ0n) is 11.4. The third-order valence-electron chi connectivity index (χ3n) is 3.69. The molecule has 1 fully saturated rings. The minimum Gasteiger partial charge on any atom is -0.313 e. The Kier molecular flexibility index (Phi) is 6.43. The van der Waals surface area contributed by atoms with Crippen molar-refractivity contribution < 1.29 is 13.2 Å². The van der Waals surface area contributed by atoms with Gasteiger partial charge in [0.05, 0.1) is 5.92 Å². The molecule has 1 saturated heterocycles. The summed E-state index contributed by atoms with van der Waals surface area (Å²) < 4.78 is 37.5. The normalized spacial score (nSPS) is 25.0. The van der Waals surface area contributed by atoms with Gasteiger partial charge in [0.25, 0.3) is 0 Å². The Balaban J connectivity index is 2.14. The van der Waals surface area contributed by atoms with Gasteiger partial charge in [-0.2, -0.15) is 13.2 Å². The third-order valence-corrected chi connectivity index (χ3v) is 3.69. The lowest BCUT2D eigenvalue weighted by Crippen LogP contribution is -2.29. The number of alkyl halides is 3. The van der Waals surface area contributed by atoms with Gasteiger partial charge >= 0.3 is 6.18 Å². The Morgan fingerprint density at radius 3 is 2.50 bits per heavy atom. The van der Waals surface area contributed by atoms with E-state index in [9.17, 15) is 13.2 Å². The molecule has 0 aromatic rings. The van der Waals surface area contributed by atoms with Gasteiger partial charge in [-0.05, 0) is 39.4 Å². The van der Waals surface area contributed by atoms with Crippen molar-refractivity contribution in [3.8, 4) is 0 Å². The van der Waals surface area contributed by atoms with Crippen LogP contribution < -0.4 is 5.32 Å². The van der Waals surface area contributed by atoms with Gasteiger partial charge in [-0.3, -0.25) is 0 Å². The van der Waals surface area contributed by atoms with Crippen LogP contribution in [0.2, 0.25) is 0 Å².